The Morgan fingerprint density at radius 2 is 2.00 bits per heavy atom. The standard InChI is InChI=1S/C14H10BrClF2N2O/c15-10-4-9(17)5-11(16)13(10)20-6-8-2-1-7(14(19)21)3-12(8)18/h1-5,20H,6H2,(H2,19,21). The monoisotopic (exact) mass is 374 g/mol. The normalized spacial score (nSPS) is 10.5. The van der Waals surface area contributed by atoms with Crippen molar-refractivity contribution in [2.45, 2.75) is 6.54 Å². The lowest BCUT2D eigenvalue weighted by Crippen LogP contribution is -2.12. The van der Waals surface area contributed by atoms with E-state index in [0.29, 0.717) is 15.7 Å². The smallest absolute Gasteiger partial charge is 0.248 e. The summed E-state index contributed by atoms with van der Waals surface area (Å²) in [5.41, 5.74) is 5.95. The van der Waals surface area contributed by atoms with Crippen LogP contribution in [0.25, 0.3) is 0 Å². The van der Waals surface area contributed by atoms with Crippen LogP contribution in [-0.2, 0) is 6.54 Å². The Kier molecular flexibility index (Phi) is 4.80. The maximum absolute atomic E-state index is 13.8. The zero-order valence-electron chi connectivity index (χ0n) is 10.6. The van der Waals surface area contributed by atoms with E-state index in [2.05, 4.69) is 21.2 Å². The summed E-state index contributed by atoms with van der Waals surface area (Å²) in [6, 6.07) is 6.36. The Bertz CT molecular complexity index is 686. The first-order valence-electron chi connectivity index (χ1n) is 5.85. The van der Waals surface area contributed by atoms with Crippen LogP contribution in [0.15, 0.2) is 34.8 Å². The molecule has 0 saturated carbocycles. The SMILES string of the molecule is NC(=O)c1ccc(CNc2c(Cl)cc(F)cc2Br)c(F)c1. The predicted octanol–water partition coefficient (Wildman–Crippen LogP) is 4.09. The average molecular weight is 376 g/mol. The molecule has 0 aliphatic carbocycles. The zero-order chi connectivity index (χ0) is 15.6. The average Bonchev–Trinajstić information content (AvgIpc) is 2.38. The van der Waals surface area contributed by atoms with Crippen molar-refractivity contribution in [3.05, 3.63) is 62.6 Å². The van der Waals surface area contributed by atoms with Gasteiger partial charge in [-0.05, 0) is 40.2 Å². The van der Waals surface area contributed by atoms with Gasteiger partial charge in [0, 0.05) is 22.1 Å². The molecule has 3 nitrogen and oxygen atoms in total. The van der Waals surface area contributed by atoms with Gasteiger partial charge in [-0.1, -0.05) is 17.7 Å². The molecule has 0 aliphatic rings. The second-order valence-electron chi connectivity index (χ2n) is 4.27. The van der Waals surface area contributed by atoms with Crippen molar-refractivity contribution in [2.75, 3.05) is 5.32 Å². The summed E-state index contributed by atoms with van der Waals surface area (Å²) < 4.78 is 27.4. The van der Waals surface area contributed by atoms with Crippen molar-refractivity contribution in [2.24, 2.45) is 5.73 Å². The van der Waals surface area contributed by atoms with Gasteiger partial charge < -0.3 is 11.1 Å². The molecule has 2 aromatic carbocycles. The van der Waals surface area contributed by atoms with Crippen LogP contribution in [0.1, 0.15) is 15.9 Å². The summed E-state index contributed by atoms with van der Waals surface area (Å²) >= 11 is 9.10. The minimum atomic E-state index is -0.697. The molecule has 21 heavy (non-hydrogen) atoms. The second-order valence-corrected chi connectivity index (χ2v) is 5.53. The molecule has 1 amide bonds. The number of nitrogens with one attached hydrogen (secondary N) is 1. The van der Waals surface area contributed by atoms with Crippen molar-refractivity contribution in [1.82, 2.24) is 0 Å². The van der Waals surface area contributed by atoms with Gasteiger partial charge in [0.05, 0.1) is 10.7 Å². The first kappa shape index (κ1) is 15.7. The molecule has 0 fully saturated rings. The highest BCUT2D eigenvalue weighted by atomic mass is 79.9. The molecule has 7 heteroatoms. The van der Waals surface area contributed by atoms with Crippen LogP contribution in [0.4, 0.5) is 14.5 Å². The Balaban J connectivity index is 2.19. The van der Waals surface area contributed by atoms with Crippen LogP contribution >= 0.6 is 27.5 Å². The fraction of sp³-hybridized carbons (Fsp3) is 0.0714. The van der Waals surface area contributed by atoms with E-state index in [1.165, 1.54) is 18.2 Å². The summed E-state index contributed by atoms with van der Waals surface area (Å²) in [4.78, 5) is 10.9. The molecule has 0 bridgehead atoms. The van der Waals surface area contributed by atoms with Gasteiger partial charge in [-0.25, -0.2) is 8.78 Å². The van der Waals surface area contributed by atoms with Crippen molar-refractivity contribution >= 4 is 39.1 Å². The predicted molar refractivity (Wildman–Crippen MR) is 81.4 cm³/mol. The van der Waals surface area contributed by atoms with E-state index in [1.54, 1.807) is 0 Å². The molecule has 0 saturated heterocycles. The minimum Gasteiger partial charge on any atom is -0.379 e. The molecule has 0 unspecified atom stereocenters. The molecule has 0 aliphatic heterocycles. The van der Waals surface area contributed by atoms with Crippen molar-refractivity contribution in [3.8, 4) is 0 Å². The van der Waals surface area contributed by atoms with Gasteiger partial charge in [-0.15, -0.1) is 0 Å². The van der Waals surface area contributed by atoms with Crippen LogP contribution in [0, 0.1) is 11.6 Å². The van der Waals surface area contributed by atoms with E-state index >= 15 is 0 Å². The van der Waals surface area contributed by atoms with E-state index in [4.69, 9.17) is 17.3 Å². The van der Waals surface area contributed by atoms with Gasteiger partial charge in [-0.3, -0.25) is 4.79 Å². The number of halogens is 4. The number of rotatable bonds is 4. The van der Waals surface area contributed by atoms with Gasteiger partial charge in [0.1, 0.15) is 11.6 Å². The third-order valence-electron chi connectivity index (χ3n) is 2.80. The lowest BCUT2D eigenvalue weighted by molar-refractivity contribution is 0.1000. The maximum Gasteiger partial charge on any atom is 0.248 e. The van der Waals surface area contributed by atoms with E-state index in [0.717, 1.165) is 12.1 Å². The third-order valence-corrected chi connectivity index (χ3v) is 3.72. The lowest BCUT2D eigenvalue weighted by atomic mass is 10.1. The number of carbonyl (C=O) groups excluding carboxylic acids is 1. The molecular formula is C14H10BrClF2N2O. The summed E-state index contributed by atoms with van der Waals surface area (Å²) in [7, 11) is 0. The topological polar surface area (TPSA) is 55.1 Å². The molecule has 2 aromatic rings. The quantitative estimate of drug-likeness (QED) is 0.845. The van der Waals surface area contributed by atoms with Gasteiger partial charge in [0.25, 0.3) is 0 Å². The largest absolute Gasteiger partial charge is 0.379 e. The highest BCUT2D eigenvalue weighted by Crippen LogP contribution is 2.32. The Hall–Kier alpha value is -1.66. The number of carbonyl (C=O) groups is 1. The number of hydrogen-bond donors (Lipinski definition) is 2. The molecule has 0 spiro atoms. The summed E-state index contributed by atoms with van der Waals surface area (Å²) in [6.45, 7) is 0.120. The Morgan fingerprint density at radius 1 is 1.29 bits per heavy atom. The fourth-order valence-electron chi connectivity index (χ4n) is 1.74. The second kappa shape index (κ2) is 6.41. The molecule has 0 radical (unpaired) electrons. The van der Waals surface area contributed by atoms with Gasteiger partial charge in [0.2, 0.25) is 5.91 Å². The van der Waals surface area contributed by atoms with E-state index in [9.17, 15) is 13.6 Å². The number of nitrogens with two attached hydrogens (primary N) is 1. The molecule has 110 valence electrons. The van der Waals surface area contributed by atoms with Crippen LogP contribution in [0.3, 0.4) is 0 Å². The van der Waals surface area contributed by atoms with Gasteiger partial charge >= 0.3 is 0 Å². The Morgan fingerprint density at radius 3 is 2.57 bits per heavy atom. The summed E-state index contributed by atoms with van der Waals surface area (Å²) in [6.07, 6.45) is 0. The zero-order valence-corrected chi connectivity index (χ0v) is 12.9. The highest BCUT2D eigenvalue weighted by Gasteiger charge is 2.10. The van der Waals surface area contributed by atoms with Crippen molar-refractivity contribution in [3.63, 3.8) is 0 Å². The number of amides is 1. The van der Waals surface area contributed by atoms with Crippen LogP contribution < -0.4 is 11.1 Å². The molecule has 0 heterocycles. The highest BCUT2D eigenvalue weighted by molar-refractivity contribution is 9.10. The first-order valence-corrected chi connectivity index (χ1v) is 7.02. The fourth-order valence-corrected chi connectivity index (χ4v) is 2.70. The molecule has 0 aromatic heterocycles. The minimum absolute atomic E-state index is 0.0947. The molecule has 0 atom stereocenters. The summed E-state index contributed by atoms with van der Waals surface area (Å²) in [5, 5.41) is 3.09. The van der Waals surface area contributed by atoms with Crippen LogP contribution in [-0.4, -0.2) is 5.91 Å². The van der Waals surface area contributed by atoms with E-state index in [-0.39, 0.29) is 17.1 Å². The third kappa shape index (κ3) is 3.71. The maximum atomic E-state index is 13.8. The number of hydrogen-bond acceptors (Lipinski definition) is 2. The van der Waals surface area contributed by atoms with Gasteiger partial charge in [0.15, 0.2) is 0 Å². The van der Waals surface area contributed by atoms with Gasteiger partial charge in [-0.2, -0.15) is 0 Å². The van der Waals surface area contributed by atoms with Crippen LogP contribution in [0.5, 0.6) is 0 Å². The number of benzene rings is 2. The molecular weight excluding hydrogens is 366 g/mol. The summed E-state index contributed by atoms with van der Waals surface area (Å²) in [5.74, 6) is -1.74. The molecule has 2 rings (SSSR count). The van der Waals surface area contributed by atoms with E-state index < -0.39 is 17.5 Å². The van der Waals surface area contributed by atoms with Crippen molar-refractivity contribution < 1.29 is 13.6 Å². The first-order chi connectivity index (χ1) is 9.88. The molecule has 3 N–H and O–H groups in total. The van der Waals surface area contributed by atoms with Crippen molar-refractivity contribution in [1.29, 1.82) is 0 Å². The lowest BCUT2D eigenvalue weighted by Gasteiger charge is -2.12. The number of primary amides is 1. The van der Waals surface area contributed by atoms with Crippen LogP contribution in [0.2, 0.25) is 5.02 Å². The Labute approximate surface area is 133 Å². The number of anilines is 1. The van der Waals surface area contributed by atoms with E-state index in [1.807, 2.05) is 0 Å².